The van der Waals surface area contributed by atoms with Crippen LogP contribution in [0, 0.1) is 12.8 Å². The van der Waals surface area contributed by atoms with Crippen molar-refractivity contribution in [2.75, 3.05) is 5.32 Å². The number of nitrogens with zero attached hydrogens (tertiary/aromatic N) is 6. The molecule has 3 aromatic heterocycles. The Morgan fingerprint density at radius 3 is 2.74 bits per heavy atom. The molecular formula is C25H29F2N7O4. The van der Waals surface area contributed by atoms with Crippen molar-refractivity contribution >= 4 is 11.8 Å². The summed E-state index contributed by atoms with van der Waals surface area (Å²) in [6.07, 6.45) is 6.10. The molecule has 2 fully saturated rings. The number of hydrogen-bond donors (Lipinski definition) is 2. The molecule has 0 spiro atoms. The average molecular weight is 530 g/mol. The summed E-state index contributed by atoms with van der Waals surface area (Å²) in [4.78, 5) is 28.8. The van der Waals surface area contributed by atoms with E-state index in [9.17, 15) is 18.7 Å². The first-order valence-electron chi connectivity index (χ1n) is 12.5. The number of anilines is 1. The van der Waals surface area contributed by atoms with Crippen LogP contribution in [-0.4, -0.2) is 58.9 Å². The fourth-order valence-corrected chi connectivity index (χ4v) is 4.73. The van der Waals surface area contributed by atoms with Gasteiger partial charge in [0.15, 0.2) is 11.6 Å². The molecule has 3 aromatic rings. The van der Waals surface area contributed by atoms with Crippen molar-refractivity contribution in [3.05, 3.63) is 36.0 Å². The van der Waals surface area contributed by atoms with Gasteiger partial charge in [-0.25, -0.2) is 23.7 Å². The van der Waals surface area contributed by atoms with Crippen LogP contribution in [0.4, 0.5) is 14.6 Å². The lowest BCUT2D eigenvalue weighted by Gasteiger charge is -2.33. The first-order valence-corrected chi connectivity index (χ1v) is 12.5. The average Bonchev–Trinajstić information content (AvgIpc) is 3.23. The number of hydrogen-bond acceptors (Lipinski definition) is 9. The van der Waals surface area contributed by atoms with E-state index in [1.807, 2.05) is 6.92 Å². The molecule has 5 rings (SSSR count). The molecule has 2 aliphatic rings. The number of nitrogens with one attached hydrogen (secondary N) is 1. The Kier molecular flexibility index (Phi) is 7.09. The van der Waals surface area contributed by atoms with Crippen LogP contribution in [0.15, 0.2) is 24.7 Å². The van der Waals surface area contributed by atoms with E-state index in [1.165, 1.54) is 6.20 Å². The normalized spacial score (nSPS) is 20.9. The number of carboxylic acid groups (broad SMARTS) is 1. The molecule has 0 aliphatic heterocycles. The Labute approximate surface area is 217 Å². The van der Waals surface area contributed by atoms with Gasteiger partial charge in [-0.15, -0.1) is 0 Å². The van der Waals surface area contributed by atoms with Crippen LogP contribution < -0.4 is 14.8 Å². The van der Waals surface area contributed by atoms with Gasteiger partial charge in [-0.1, -0.05) is 0 Å². The lowest BCUT2D eigenvalue weighted by molar-refractivity contribution is -0.144. The second-order valence-corrected chi connectivity index (χ2v) is 9.80. The van der Waals surface area contributed by atoms with Gasteiger partial charge in [0.05, 0.1) is 47.9 Å². The molecule has 0 saturated heterocycles. The number of carbonyl (C=O) groups is 1. The minimum absolute atomic E-state index is 0.0444. The third kappa shape index (κ3) is 5.81. The molecule has 0 amide bonds. The van der Waals surface area contributed by atoms with E-state index in [1.54, 1.807) is 30.2 Å². The summed E-state index contributed by atoms with van der Waals surface area (Å²) < 4.78 is 39.4. The zero-order valence-corrected chi connectivity index (χ0v) is 21.1. The molecule has 11 nitrogen and oxygen atoms in total. The standard InChI is InChI=1S/C25H29F2N7O4/c1-14-20(37-16-5-3-4-15(8-16)23(35)36)13-30-22(32-14)18-11-31-34(2)19(18)12-29-21-6-7-28-24(33-21)38-17-9-25(26,27)10-17/h6-7,11,13,15-17H,3-5,8-10,12H2,1-2H3,(H,35,36)(H,28,29,33)/t15-,16-/m0/s1. The molecule has 3 heterocycles. The van der Waals surface area contributed by atoms with E-state index in [0.29, 0.717) is 42.5 Å². The number of halogens is 2. The summed E-state index contributed by atoms with van der Waals surface area (Å²) in [5.74, 6) is -2.37. The summed E-state index contributed by atoms with van der Waals surface area (Å²) in [7, 11) is 1.80. The number of rotatable bonds is 9. The van der Waals surface area contributed by atoms with E-state index < -0.39 is 18.0 Å². The fourth-order valence-electron chi connectivity index (χ4n) is 4.73. The molecule has 38 heavy (non-hydrogen) atoms. The minimum atomic E-state index is -2.68. The number of carboxylic acids is 1. The molecule has 202 valence electrons. The summed E-state index contributed by atoms with van der Waals surface area (Å²) in [6, 6.07) is 1.70. The predicted molar refractivity (Wildman–Crippen MR) is 131 cm³/mol. The van der Waals surface area contributed by atoms with Gasteiger partial charge in [-0.3, -0.25) is 9.48 Å². The largest absolute Gasteiger partial charge is 0.487 e. The van der Waals surface area contributed by atoms with Crippen LogP contribution in [0.2, 0.25) is 0 Å². The van der Waals surface area contributed by atoms with Crippen LogP contribution in [0.3, 0.4) is 0 Å². The van der Waals surface area contributed by atoms with Crippen LogP contribution >= 0.6 is 0 Å². The monoisotopic (exact) mass is 529 g/mol. The van der Waals surface area contributed by atoms with E-state index in [4.69, 9.17) is 9.47 Å². The van der Waals surface area contributed by atoms with Crippen molar-refractivity contribution in [3.8, 4) is 23.1 Å². The van der Waals surface area contributed by atoms with Gasteiger partial charge >= 0.3 is 12.0 Å². The Morgan fingerprint density at radius 2 is 2.00 bits per heavy atom. The summed E-state index contributed by atoms with van der Waals surface area (Å²) >= 11 is 0. The SMILES string of the molecule is Cc1nc(-c2cnn(C)c2CNc2ccnc(OC3CC(F)(F)C3)n2)ncc1O[C@H]1CCC[C@H](C(=O)O)C1. The third-order valence-corrected chi connectivity index (χ3v) is 6.90. The van der Waals surface area contributed by atoms with Gasteiger partial charge in [-0.05, 0) is 38.7 Å². The molecule has 13 heteroatoms. The van der Waals surface area contributed by atoms with Gasteiger partial charge in [0.2, 0.25) is 0 Å². The predicted octanol–water partition coefficient (Wildman–Crippen LogP) is 3.79. The van der Waals surface area contributed by atoms with E-state index in [2.05, 4.69) is 30.4 Å². The second-order valence-electron chi connectivity index (χ2n) is 9.80. The van der Waals surface area contributed by atoms with Crippen molar-refractivity contribution < 1.29 is 28.2 Å². The van der Waals surface area contributed by atoms with Gasteiger partial charge < -0.3 is 19.9 Å². The molecule has 2 aliphatic carbocycles. The van der Waals surface area contributed by atoms with Crippen LogP contribution in [0.5, 0.6) is 11.8 Å². The summed E-state index contributed by atoms with van der Waals surface area (Å²) in [5.41, 5.74) is 2.17. The summed E-state index contributed by atoms with van der Waals surface area (Å²) in [5, 5.41) is 16.9. The minimum Gasteiger partial charge on any atom is -0.487 e. The van der Waals surface area contributed by atoms with Crippen molar-refractivity contribution in [1.82, 2.24) is 29.7 Å². The Morgan fingerprint density at radius 1 is 1.18 bits per heavy atom. The zero-order valence-electron chi connectivity index (χ0n) is 21.1. The van der Waals surface area contributed by atoms with Gasteiger partial charge in [-0.2, -0.15) is 10.1 Å². The van der Waals surface area contributed by atoms with E-state index >= 15 is 0 Å². The van der Waals surface area contributed by atoms with Crippen LogP contribution in [0.25, 0.3) is 11.4 Å². The Bertz CT molecular complexity index is 1310. The van der Waals surface area contributed by atoms with Crippen molar-refractivity contribution in [2.45, 2.75) is 70.1 Å². The fraction of sp³-hybridized carbons (Fsp3) is 0.520. The molecule has 2 saturated carbocycles. The van der Waals surface area contributed by atoms with E-state index in [-0.39, 0.29) is 30.9 Å². The van der Waals surface area contributed by atoms with Gasteiger partial charge in [0.1, 0.15) is 11.9 Å². The highest BCUT2D eigenvalue weighted by Crippen LogP contribution is 2.39. The molecule has 0 aromatic carbocycles. The molecule has 0 unspecified atom stereocenters. The molecular weight excluding hydrogens is 500 g/mol. The Hall–Kier alpha value is -3.90. The molecule has 0 bridgehead atoms. The maximum atomic E-state index is 13.1. The maximum Gasteiger partial charge on any atom is 0.318 e. The number of aliphatic carboxylic acids is 1. The highest BCUT2D eigenvalue weighted by molar-refractivity contribution is 5.70. The third-order valence-electron chi connectivity index (χ3n) is 6.90. The van der Waals surface area contributed by atoms with E-state index in [0.717, 1.165) is 24.1 Å². The highest BCUT2D eigenvalue weighted by atomic mass is 19.3. The lowest BCUT2D eigenvalue weighted by Crippen LogP contribution is -2.43. The quantitative estimate of drug-likeness (QED) is 0.421. The first-order chi connectivity index (χ1) is 18.2. The van der Waals surface area contributed by atoms with Crippen LogP contribution in [0.1, 0.15) is 49.9 Å². The van der Waals surface area contributed by atoms with Gasteiger partial charge in [0.25, 0.3) is 5.92 Å². The smallest absolute Gasteiger partial charge is 0.318 e. The van der Waals surface area contributed by atoms with Crippen molar-refractivity contribution in [1.29, 1.82) is 0 Å². The van der Waals surface area contributed by atoms with Crippen molar-refractivity contribution in [2.24, 2.45) is 13.0 Å². The number of aromatic nitrogens is 6. The molecule has 2 N–H and O–H groups in total. The maximum absolute atomic E-state index is 13.1. The lowest BCUT2D eigenvalue weighted by atomic mass is 9.87. The first kappa shape index (κ1) is 25.7. The number of alkyl halides is 2. The highest BCUT2D eigenvalue weighted by Gasteiger charge is 2.47. The topological polar surface area (TPSA) is 137 Å². The summed E-state index contributed by atoms with van der Waals surface area (Å²) in [6.45, 7) is 2.16. The van der Waals surface area contributed by atoms with Crippen molar-refractivity contribution in [3.63, 3.8) is 0 Å². The Balaban J connectivity index is 1.24. The van der Waals surface area contributed by atoms with Crippen LogP contribution in [-0.2, 0) is 18.4 Å². The van der Waals surface area contributed by atoms with Gasteiger partial charge in [0, 0.05) is 26.1 Å². The number of aryl methyl sites for hydroxylation is 2. The molecule has 0 radical (unpaired) electrons. The molecule has 2 atom stereocenters. The number of ether oxygens (including phenoxy) is 2. The zero-order chi connectivity index (χ0) is 26.9. The second kappa shape index (κ2) is 10.5.